The van der Waals surface area contributed by atoms with Gasteiger partial charge in [-0.1, -0.05) is 18.2 Å². The molecule has 2 nitrogen and oxygen atoms in total. The summed E-state index contributed by atoms with van der Waals surface area (Å²) in [5.41, 5.74) is -1.48. The zero-order valence-corrected chi connectivity index (χ0v) is 10.8. The van der Waals surface area contributed by atoms with Gasteiger partial charge in [0.1, 0.15) is 5.82 Å². The molecule has 0 aliphatic carbocycles. The van der Waals surface area contributed by atoms with E-state index in [-0.39, 0.29) is 16.7 Å². The van der Waals surface area contributed by atoms with Crippen LogP contribution in [0.25, 0.3) is 11.1 Å². The van der Waals surface area contributed by atoms with Crippen LogP contribution in [-0.2, 0) is 6.18 Å². The zero-order valence-electron chi connectivity index (χ0n) is 10.8. The fraction of sp³-hybridized carbons (Fsp3) is 0.133. The first kappa shape index (κ1) is 15.0. The molecule has 110 valence electrons. The number of alkyl halides is 3. The van der Waals surface area contributed by atoms with E-state index in [1.165, 1.54) is 31.2 Å². The van der Waals surface area contributed by atoms with Crippen molar-refractivity contribution in [1.82, 2.24) is 0 Å². The van der Waals surface area contributed by atoms with Gasteiger partial charge in [0.2, 0.25) is 0 Å². The summed E-state index contributed by atoms with van der Waals surface area (Å²) in [6.45, 7) is 1.45. The Morgan fingerprint density at radius 2 is 1.81 bits per heavy atom. The second kappa shape index (κ2) is 5.20. The molecule has 0 heterocycles. The van der Waals surface area contributed by atoms with E-state index in [0.717, 1.165) is 12.1 Å². The highest BCUT2D eigenvalue weighted by Crippen LogP contribution is 2.36. The molecule has 2 aromatic carbocycles. The second-order valence-electron chi connectivity index (χ2n) is 4.48. The number of carboxylic acid groups (broad SMARTS) is 1. The van der Waals surface area contributed by atoms with Crippen LogP contribution >= 0.6 is 0 Å². The smallest absolute Gasteiger partial charge is 0.417 e. The van der Waals surface area contributed by atoms with E-state index in [9.17, 15) is 22.4 Å². The maximum atomic E-state index is 13.5. The molecule has 0 radical (unpaired) electrons. The summed E-state index contributed by atoms with van der Waals surface area (Å²) in [6, 6.07) is 6.91. The normalized spacial score (nSPS) is 11.5. The van der Waals surface area contributed by atoms with Gasteiger partial charge in [-0.25, -0.2) is 9.18 Å². The van der Waals surface area contributed by atoms with E-state index >= 15 is 0 Å². The van der Waals surface area contributed by atoms with Crippen molar-refractivity contribution in [3.8, 4) is 11.1 Å². The second-order valence-corrected chi connectivity index (χ2v) is 4.48. The Bertz CT molecular complexity index is 705. The fourth-order valence-electron chi connectivity index (χ4n) is 2.05. The monoisotopic (exact) mass is 298 g/mol. The van der Waals surface area contributed by atoms with E-state index in [1.54, 1.807) is 0 Å². The Balaban J connectivity index is 2.68. The Labute approximate surface area is 117 Å². The topological polar surface area (TPSA) is 37.3 Å². The summed E-state index contributed by atoms with van der Waals surface area (Å²) >= 11 is 0. The molecule has 0 spiro atoms. The summed E-state index contributed by atoms with van der Waals surface area (Å²) in [6.07, 6.45) is -4.80. The maximum absolute atomic E-state index is 13.5. The molecule has 0 atom stereocenters. The first-order chi connectivity index (χ1) is 9.71. The molecule has 0 saturated carbocycles. The Morgan fingerprint density at radius 1 is 1.14 bits per heavy atom. The van der Waals surface area contributed by atoms with Crippen LogP contribution in [0.1, 0.15) is 21.5 Å². The van der Waals surface area contributed by atoms with E-state index in [1.807, 2.05) is 0 Å². The van der Waals surface area contributed by atoms with Crippen LogP contribution in [-0.4, -0.2) is 11.1 Å². The highest BCUT2D eigenvalue weighted by atomic mass is 19.4. The molecule has 6 heteroatoms. The van der Waals surface area contributed by atoms with Crippen LogP contribution in [0.5, 0.6) is 0 Å². The van der Waals surface area contributed by atoms with E-state index in [2.05, 4.69) is 0 Å². The van der Waals surface area contributed by atoms with Crippen molar-refractivity contribution in [1.29, 1.82) is 0 Å². The third kappa shape index (κ3) is 2.89. The molecule has 2 aromatic rings. The molecule has 0 aromatic heterocycles. The number of carboxylic acids is 1. The summed E-state index contributed by atoms with van der Waals surface area (Å²) < 4.78 is 52.3. The molecular formula is C15H10F4O2. The molecular weight excluding hydrogens is 288 g/mol. The van der Waals surface area contributed by atoms with Gasteiger partial charge in [-0.15, -0.1) is 0 Å². The van der Waals surface area contributed by atoms with Crippen LogP contribution in [0.4, 0.5) is 17.6 Å². The lowest BCUT2D eigenvalue weighted by atomic mass is 9.96. The van der Waals surface area contributed by atoms with Crippen molar-refractivity contribution in [3.63, 3.8) is 0 Å². The Kier molecular flexibility index (Phi) is 3.72. The average molecular weight is 298 g/mol. The van der Waals surface area contributed by atoms with E-state index < -0.39 is 29.1 Å². The minimum atomic E-state index is -4.80. The van der Waals surface area contributed by atoms with Gasteiger partial charge in [0.15, 0.2) is 0 Å². The molecule has 0 aliphatic rings. The minimum absolute atomic E-state index is 0.115. The van der Waals surface area contributed by atoms with Crippen molar-refractivity contribution in [3.05, 3.63) is 58.9 Å². The molecule has 21 heavy (non-hydrogen) atoms. The summed E-state index contributed by atoms with van der Waals surface area (Å²) in [4.78, 5) is 10.9. The number of benzene rings is 2. The summed E-state index contributed by atoms with van der Waals surface area (Å²) in [5.74, 6) is -2.20. The van der Waals surface area contributed by atoms with Crippen molar-refractivity contribution < 1.29 is 27.5 Å². The largest absolute Gasteiger partial charge is 0.478 e. The van der Waals surface area contributed by atoms with Gasteiger partial charge < -0.3 is 5.11 Å². The molecule has 0 unspecified atom stereocenters. The molecule has 2 rings (SSSR count). The standard InChI is InChI=1S/C15H10F4O2/c1-8-10(3-2-4-13(8)16)9-5-6-11(14(20)21)12(7-9)15(17,18)19/h2-7H,1H3,(H,20,21). The minimum Gasteiger partial charge on any atom is -0.478 e. The van der Waals surface area contributed by atoms with Crippen LogP contribution in [0.15, 0.2) is 36.4 Å². The van der Waals surface area contributed by atoms with Gasteiger partial charge in [0.25, 0.3) is 0 Å². The first-order valence-corrected chi connectivity index (χ1v) is 5.92. The predicted molar refractivity (Wildman–Crippen MR) is 68.5 cm³/mol. The van der Waals surface area contributed by atoms with Gasteiger partial charge in [0.05, 0.1) is 11.1 Å². The number of carbonyl (C=O) groups is 1. The predicted octanol–water partition coefficient (Wildman–Crippen LogP) is 4.52. The molecule has 0 fully saturated rings. The summed E-state index contributed by atoms with van der Waals surface area (Å²) in [5, 5.41) is 8.83. The van der Waals surface area contributed by atoms with Crippen molar-refractivity contribution in [2.24, 2.45) is 0 Å². The molecule has 0 saturated heterocycles. The van der Waals surface area contributed by atoms with Crippen molar-refractivity contribution in [2.45, 2.75) is 13.1 Å². The van der Waals surface area contributed by atoms with Crippen LogP contribution in [0.2, 0.25) is 0 Å². The third-order valence-electron chi connectivity index (χ3n) is 3.13. The van der Waals surface area contributed by atoms with Gasteiger partial charge in [0, 0.05) is 0 Å². The number of rotatable bonds is 2. The highest BCUT2D eigenvalue weighted by Gasteiger charge is 2.35. The van der Waals surface area contributed by atoms with E-state index in [4.69, 9.17) is 5.11 Å². The Hall–Kier alpha value is -2.37. The van der Waals surface area contributed by atoms with Gasteiger partial charge in [-0.05, 0) is 41.8 Å². The quantitative estimate of drug-likeness (QED) is 0.828. The SMILES string of the molecule is Cc1c(F)cccc1-c1ccc(C(=O)O)c(C(F)(F)F)c1. The molecule has 1 N–H and O–H groups in total. The lowest BCUT2D eigenvalue weighted by molar-refractivity contribution is -0.138. The molecule has 0 bridgehead atoms. The van der Waals surface area contributed by atoms with Gasteiger partial charge in [-0.2, -0.15) is 13.2 Å². The number of hydrogen-bond donors (Lipinski definition) is 1. The van der Waals surface area contributed by atoms with Crippen LogP contribution in [0.3, 0.4) is 0 Å². The highest BCUT2D eigenvalue weighted by molar-refractivity contribution is 5.90. The summed E-state index contributed by atoms with van der Waals surface area (Å²) in [7, 11) is 0. The lowest BCUT2D eigenvalue weighted by Gasteiger charge is -2.13. The first-order valence-electron chi connectivity index (χ1n) is 5.92. The van der Waals surface area contributed by atoms with Gasteiger partial charge >= 0.3 is 12.1 Å². The van der Waals surface area contributed by atoms with Crippen molar-refractivity contribution >= 4 is 5.97 Å². The molecule has 0 amide bonds. The molecule has 0 aliphatic heterocycles. The number of aromatic carboxylic acids is 1. The fourth-order valence-corrected chi connectivity index (χ4v) is 2.05. The third-order valence-corrected chi connectivity index (χ3v) is 3.13. The number of hydrogen-bond acceptors (Lipinski definition) is 1. The Morgan fingerprint density at radius 3 is 2.38 bits per heavy atom. The maximum Gasteiger partial charge on any atom is 0.417 e. The zero-order chi connectivity index (χ0) is 15.8. The van der Waals surface area contributed by atoms with Crippen molar-refractivity contribution in [2.75, 3.05) is 0 Å². The number of halogens is 4. The van der Waals surface area contributed by atoms with Crippen LogP contribution in [0, 0.1) is 12.7 Å². The van der Waals surface area contributed by atoms with Gasteiger partial charge in [-0.3, -0.25) is 0 Å². The average Bonchev–Trinajstić information content (AvgIpc) is 2.40. The van der Waals surface area contributed by atoms with E-state index in [0.29, 0.717) is 0 Å². The van der Waals surface area contributed by atoms with Crippen LogP contribution < -0.4 is 0 Å². The lowest BCUT2D eigenvalue weighted by Crippen LogP contribution is -2.13.